The molecule has 1 unspecified atom stereocenters. The number of carbonyl (C=O) groups excluding carboxylic acids is 2. The average Bonchev–Trinajstić information content (AvgIpc) is 3.15. The smallest absolute Gasteiger partial charge is 0.225 e. The molecule has 0 saturated carbocycles. The third kappa shape index (κ3) is 5.20. The number of hydrogen-bond acceptors (Lipinski definition) is 4. The van der Waals surface area contributed by atoms with Crippen LogP contribution in [-0.4, -0.2) is 41.4 Å². The van der Waals surface area contributed by atoms with Crippen molar-refractivity contribution in [2.45, 2.75) is 26.3 Å². The molecule has 1 saturated heterocycles. The fourth-order valence-electron chi connectivity index (χ4n) is 3.82. The predicted octanol–water partition coefficient (Wildman–Crippen LogP) is 3.48. The summed E-state index contributed by atoms with van der Waals surface area (Å²) in [6.45, 7) is 4.06. The highest BCUT2D eigenvalue weighted by Gasteiger charge is 2.33. The zero-order valence-electron chi connectivity index (χ0n) is 17.7. The molecular weight excluding hydrogens is 390 g/mol. The second kappa shape index (κ2) is 9.60. The number of para-hydroxylation sites is 1. The third-order valence-corrected chi connectivity index (χ3v) is 5.55. The van der Waals surface area contributed by atoms with Crippen LogP contribution in [0.5, 0.6) is 5.75 Å². The van der Waals surface area contributed by atoms with E-state index in [1.165, 1.54) is 5.56 Å². The molecule has 1 aromatic heterocycles. The van der Waals surface area contributed by atoms with Crippen LogP contribution in [0.15, 0.2) is 60.8 Å². The summed E-state index contributed by atoms with van der Waals surface area (Å²) in [5, 5.41) is 3.98. The Bertz CT molecular complexity index is 1060. The molecule has 160 valence electrons. The number of aryl methyl sites for hydroxylation is 1. The number of carbonyl (C=O) groups is 2. The lowest BCUT2D eigenvalue weighted by atomic mass is 10.1. The average molecular weight is 418 g/mol. The second-order valence-electron chi connectivity index (χ2n) is 7.99. The summed E-state index contributed by atoms with van der Waals surface area (Å²) in [5.41, 5.74) is 3.11. The van der Waals surface area contributed by atoms with Crippen LogP contribution in [0.4, 0.5) is 0 Å². The van der Waals surface area contributed by atoms with Crippen LogP contribution in [0, 0.1) is 12.8 Å². The zero-order chi connectivity index (χ0) is 21.6. The van der Waals surface area contributed by atoms with Gasteiger partial charge in [0.15, 0.2) is 0 Å². The van der Waals surface area contributed by atoms with E-state index in [0.717, 1.165) is 22.2 Å². The normalized spacial score (nSPS) is 16.0. The highest BCUT2D eigenvalue weighted by Crippen LogP contribution is 2.23. The summed E-state index contributed by atoms with van der Waals surface area (Å²) in [5.74, 6) is 0.429. The van der Waals surface area contributed by atoms with E-state index in [-0.39, 0.29) is 24.2 Å². The van der Waals surface area contributed by atoms with Crippen LogP contribution < -0.4 is 10.1 Å². The first-order valence-electron chi connectivity index (χ1n) is 10.7. The van der Waals surface area contributed by atoms with Gasteiger partial charge in [-0.1, -0.05) is 48.0 Å². The standard InChI is InChI=1S/C25H27N3O3/c1-18-8-10-19(11-9-18)16-28-17-21(15-23(28)29)25(30)27-13-4-14-31-22-7-2-5-20-6-3-12-26-24(20)22/h2-3,5-12,21H,4,13-17H2,1H3,(H,27,30). The molecule has 0 bridgehead atoms. The second-order valence-corrected chi connectivity index (χ2v) is 7.99. The maximum Gasteiger partial charge on any atom is 0.225 e. The predicted molar refractivity (Wildman–Crippen MR) is 120 cm³/mol. The van der Waals surface area contributed by atoms with Crippen LogP contribution in [0.2, 0.25) is 0 Å². The number of fused-ring (bicyclic) bond motifs is 1. The maximum absolute atomic E-state index is 12.5. The summed E-state index contributed by atoms with van der Waals surface area (Å²) < 4.78 is 5.86. The fourth-order valence-corrected chi connectivity index (χ4v) is 3.82. The minimum absolute atomic E-state index is 0.0347. The quantitative estimate of drug-likeness (QED) is 0.570. The van der Waals surface area contributed by atoms with Crippen LogP contribution in [-0.2, 0) is 16.1 Å². The Labute approximate surface area is 182 Å². The summed E-state index contributed by atoms with van der Waals surface area (Å²) >= 11 is 0. The number of aromatic nitrogens is 1. The number of pyridine rings is 1. The first-order valence-corrected chi connectivity index (χ1v) is 10.7. The third-order valence-electron chi connectivity index (χ3n) is 5.55. The van der Waals surface area contributed by atoms with Gasteiger partial charge in [-0.3, -0.25) is 14.6 Å². The van der Waals surface area contributed by atoms with Gasteiger partial charge in [0.05, 0.1) is 12.5 Å². The molecule has 31 heavy (non-hydrogen) atoms. The van der Waals surface area contributed by atoms with E-state index in [9.17, 15) is 9.59 Å². The number of likely N-dealkylation sites (tertiary alicyclic amines) is 1. The SMILES string of the molecule is Cc1ccc(CN2CC(C(=O)NCCCOc3cccc4cccnc34)CC2=O)cc1. The molecule has 1 atom stereocenters. The van der Waals surface area contributed by atoms with Gasteiger partial charge in [-0.2, -0.15) is 0 Å². The Morgan fingerprint density at radius 1 is 1.16 bits per heavy atom. The minimum atomic E-state index is -0.291. The van der Waals surface area contributed by atoms with Crippen molar-refractivity contribution < 1.29 is 14.3 Å². The maximum atomic E-state index is 12.5. The topological polar surface area (TPSA) is 71.5 Å². The largest absolute Gasteiger partial charge is 0.491 e. The first-order chi connectivity index (χ1) is 15.1. The Balaban J connectivity index is 1.20. The molecule has 2 aromatic carbocycles. The Hall–Kier alpha value is -3.41. The van der Waals surface area contributed by atoms with E-state index in [0.29, 0.717) is 32.7 Å². The molecule has 2 heterocycles. The molecule has 1 aliphatic heterocycles. The van der Waals surface area contributed by atoms with Gasteiger partial charge in [0.2, 0.25) is 11.8 Å². The minimum Gasteiger partial charge on any atom is -0.491 e. The lowest BCUT2D eigenvalue weighted by Gasteiger charge is -2.17. The number of rotatable bonds is 8. The summed E-state index contributed by atoms with van der Waals surface area (Å²) in [6.07, 6.45) is 2.71. The van der Waals surface area contributed by atoms with Gasteiger partial charge in [0, 0.05) is 37.6 Å². The van der Waals surface area contributed by atoms with Crippen molar-refractivity contribution >= 4 is 22.7 Å². The highest BCUT2D eigenvalue weighted by atomic mass is 16.5. The molecule has 1 aliphatic rings. The molecule has 6 nitrogen and oxygen atoms in total. The van der Waals surface area contributed by atoms with Gasteiger partial charge < -0.3 is 15.0 Å². The number of hydrogen-bond donors (Lipinski definition) is 1. The van der Waals surface area contributed by atoms with Crippen LogP contribution >= 0.6 is 0 Å². The van der Waals surface area contributed by atoms with Crippen molar-refractivity contribution in [3.8, 4) is 5.75 Å². The molecule has 4 rings (SSSR count). The summed E-state index contributed by atoms with van der Waals surface area (Å²) in [4.78, 5) is 31.0. The first kappa shape index (κ1) is 20.8. The number of amides is 2. The number of benzene rings is 2. The van der Waals surface area contributed by atoms with Gasteiger partial charge in [0.1, 0.15) is 11.3 Å². The highest BCUT2D eigenvalue weighted by molar-refractivity contribution is 5.89. The van der Waals surface area contributed by atoms with E-state index in [1.54, 1.807) is 11.1 Å². The van der Waals surface area contributed by atoms with E-state index >= 15 is 0 Å². The van der Waals surface area contributed by atoms with E-state index in [2.05, 4.69) is 10.3 Å². The summed E-state index contributed by atoms with van der Waals surface area (Å²) in [7, 11) is 0. The van der Waals surface area contributed by atoms with Gasteiger partial charge in [-0.25, -0.2) is 0 Å². The van der Waals surface area contributed by atoms with Crippen molar-refractivity contribution in [2.75, 3.05) is 19.7 Å². The van der Waals surface area contributed by atoms with Crippen LogP contribution in [0.1, 0.15) is 24.0 Å². The van der Waals surface area contributed by atoms with Crippen LogP contribution in [0.3, 0.4) is 0 Å². The molecular formula is C25H27N3O3. The van der Waals surface area contributed by atoms with Gasteiger partial charge in [-0.05, 0) is 31.0 Å². The van der Waals surface area contributed by atoms with E-state index in [1.807, 2.05) is 61.5 Å². The fraction of sp³-hybridized carbons (Fsp3) is 0.320. The van der Waals surface area contributed by atoms with Crippen molar-refractivity contribution in [3.63, 3.8) is 0 Å². The molecule has 0 radical (unpaired) electrons. The zero-order valence-corrected chi connectivity index (χ0v) is 17.7. The Morgan fingerprint density at radius 2 is 1.97 bits per heavy atom. The monoisotopic (exact) mass is 417 g/mol. The van der Waals surface area contributed by atoms with Crippen molar-refractivity contribution in [1.82, 2.24) is 15.2 Å². The van der Waals surface area contributed by atoms with Gasteiger partial charge in [0.25, 0.3) is 0 Å². The molecule has 0 aliphatic carbocycles. The molecule has 6 heteroatoms. The number of nitrogens with zero attached hydrogens (tertiary/aromatic N) is 2. The molecule has 1 fully saturated rings. The summed E-state index contributed by atoms with van der Waals surface area (Å²) in [6, 6.07) is 17.9. The number of nitrogens with one attached hydrogen (secondary N) is 1. The van der Waals surface area contributed by atoms with Gasteiger partial charge >= 0.3 is 0 Å². The van der Waals surface area contributed by atoms with Crippen molar-refractivity contribution in [3.05, 3.63) is 71.9 Å². The lowest BCUT2D eigenvalue weighted by molar-refractivity contribution is -0.129. The Kier molecular flexibility index (Phi) is 6.46. The molecule has 1 N–H and O–H groups in total. The lowest BCUT2D eigenvalue weighted by Crippen LogP contribution is -2.33. The molecule has 2 amide bonds. The van der Waals surface area contributed by atoms with E-state index in [4.69, 9.17) is 4.74 Å². The van der Waals surface area contributed by atoms with Crippen molar-refractivity contribution in [2.24, 2.45) is 5.92 Å². The Morgan fingerprint density at radius 3 is 2.81 bits per heavy atom. The molecule has 3 aromatic rings. The van der Waals surface area contributed by atoms with Crippen LogP contribution in [0.25, 0.3) is 10.9 Å². The molecule has 0 spiro atoms. The van der Waals surface area contributed by atoms with E-state index < -0.39 is 0 Å². The van der Waals surface area contributed by atoms with Gasteiger partial charge in [-0.15, -0.1) is 0 Å². The van der Waals surface area contributed by atoms with Crippen molar-refractivity contribution in [1.29, 1.82) is 0 Å². The number of ether oxygens (including phenoxy) is 1.